The van der Waals surface area contributed by atoms with E-state index in [9.17, 15) is 4.79 Å². The Balaban J connectivity index is 1.74. The highest BCUT2D eigenvalue weighted by Gasteiger charge is 2.31. The first-order valence-electron chi connectivity index (χ1n) is 9.08. The lowest BCUT2D eigenvalue weighted by Crippen LogP contribution is -2.50. The molecule has 1 heterocycles. The van der Waals surface area contributed by atoms with Crippen LogP contribution in [-0.4, -0.2) is 24.6 Å². The molecule has 0 saturated heterocycles. The molecule has 1 aliphatic rings. The van der Waals surface area contributed by atoms with Gasteiger partial charge >= 0.3 is 0 Å². The van der Waals surface area contributed by atoms with E-state index in [0.717, 1.165) is 29.1 Å². The highest BCUT2D eigenvalue weighted by molar-refractivity contribution is 6.06. The molecule has 2 aromatic carbocycles. The van der Waals surface area contributed by atoms with E-state index in [-0.39, 0.29) is 11.4 Å². The van der Waals surface area contributed by atoms with Crippen LogP contribution in [0.5, 0.6) is 5.75 Å². The molecule has 1 amide bonds. The van der Waals surface area contributed by atoms with Crippen LogP contribution in [0.15, 0.2) is 54.6 Å². The van der Waals surface area contributed by atoms with Crippen LogP contribution < -0.4 is 15.0 Å². The van der Waals surface area contributed by atoms with Gasteiger partial charge in [-0.3, -0.25) is 4.79 Å². The Hall–Kier alpha value is -2.75. The van der Waals surface area contributed by atoms with Crippen molar-refractivity contribution in [1.82, 2.24) is 0 Å². The van der Waals surface area contributed by atoms with Gasteiger partial charge in [-0.2, -0.15) is 0 Å². The van der Waals surface area contributed by atoms with Gasteiger partial charge < -0.3 is 15.0 Å². The summed E-state index contributed by atoms with van der Waals surface area (Å²) in [7, 11) is 0. The number of nitrogens with one attached hydrogen (secondary N) is 1. The summed E-state index contributed by atoms with van der Waals surface area (Å²) >= 11 is 0. The number of benzene rings is 2. The van der Waals surface area contributed by atoms with E-state index in [4.69, 9.17) is 4.74 Å². The maximum atomic E-state index is 12.8. The van der Waals surface area contributed by atoms with Gasteiger partial charge in [-0.25, -0.2) is 0 Å². The van der Waals surface area contributed by atoms with Gasteiger partial charge in [-0.15, -0.1) is 0 Å². The molecule has 2 aromatic rings. The van der Waals surface area contributed by atoms with Crippen molar-refractivity contribution in [3.8, 4) is 5.75 Å². The van der Waals surface area contributed by atoms with Gasteiger partial charge in [-0.1, -0.05) is 31.2 Å². The molecule has 4 nitrogen and oxygen atoms in total. The fraction of sp³-hybridized carbons (Fsp3) is 0.318. The number of hydrogen-bond acceptors (Lipinski definition) is 3. The van der Waals surface area contributed by atoms with Gasteiger partial charge in [0.15, 0.2) is 0 Å². The minimum absolute atomic E-state index is 0.0154. The molecule has 0 radical (unpaired) electrons. The fourth-order valence-corrected chi connectivity index (χ4v) is 3.05. The van der Waals surface area contributed by atoms with Crippen molar-refractivity contribution in [1.29, 1.82) is 0 Å². The van der Waals surface area contributed by atoms with Crippen LogP contribution in [0.4, 0.5) is 11.4 Å². The summed E-state index contributed by atoms with van der Waals surface area (Å²) in [5.74, 6) is 0.839. The Morgan fingerprint density at radius 1 is 1.19 bits per heavy atom. The zero-order valence-electron chi connectivity index (χ0n) is 15.7. The number of carbonyl (C=O) groups is 1. The minimum atomic E-state index is -0.171. The molecule has 4 heteroatoms. The maximum absolute atomic E-state index is 12.8. The summed E-state index contributed by atoms with van der Waals surface area (Å²) in [6, 6.07) is 15.7. The summed E-state index contributed by atoms with van der Waals surface area (Å²) in [4.78, 5) is 14.7. The SMILES string of the molecule is CCCOc1ccc(/C=C/C(=O)N2CC(C)(C)Nc3ccccc32)cc1. The summed E-state index contributed by atoms with van der Waals surface area (Å²) in [5.41, 5.74) is 2.72. The van der Waals surface area contributed by atoms with Crippen molar-refractivity contribution < 1.29 is 9.53 Å². The first-order valence-corrected chi connectivity index (χ1v) is 9.08. The molecule has 0 bridgehead atoms. The topological polar surface area (TPSA) is 41.6 Å². The van der Waals surface area contributed by atoms with Gasteiger partial charge in [0.2, 0.25) is 0 Å². The van der Waals surface area contributed by atoms with Crippen molar-refractivity contribution in [2.45, 2.75) is 32.7 Å². The average Bonchev–Trinajstić information content (AvgIpc) is 2.63. The van der Waals surface area contributed by atoms with E-state index in [1.807, 2.05) is 59.5 Å². The number of hydrogen-bond donors (Lipinski definition) is 1. The molecular weight excluding hydrogens is 324 g/mol. The molecule has 0 saturated carbocycles. The summed E-state index contributed by atoms with van der Waals surface area (Å²) in [6.45, 7) is 7.62. The highest BCUT2D eigenvalue weighted by Crippen LogP contribution is 2.34. The molecule has 1 N–H and O–H groups in total. The van der Waals surface area contributed by atoms with Gasteiger partial charge in [0.1, 0.15) is 5.75 Å². The normalized spacial score (nSPS) is 15.4. The molecule has 0 unspecified atom stereocenters. The van der Waals surface area contributed by atoms with Gasteiger partial charge in [0, 0.05) is 18.2 Å². The second-order valence-corrected chi connectivity index (χ2v) is 7.20. The molecular formula is C22H26N2O2. The molecule has 0 aliphatic carbocycles. The minimum Gasteiger partial charge on any atom is -0.494 e. The number of ether oxygens (including phenoxy) is 1. The molecule has 0 aromatic heterocycles. The third-order valence-corrected chi connectivity index (χ3v) is 4.26. The predicted octanol–water partition coefficient (Wildman–Crippen LogP) is 4.73. The Morgan fingerprint density at radius 3 is 2.65 bits per heavy atom. The van der Waals surface area contributed by atoms with Crippen LogP contribution in [0, 0.1) is 0 Å². The van der Waals surface area contributed by atoms with E-state index in [0.29, 0.717) is 13.2 Å². The lowest BCUT2D eigenvalue weighted by Gasteiger charge is -2.40. The number of rotatable bonds is 5. The largest absolute Gasteiger partial charge is 0.494 e. The predicted molar refractivity (Wildman–Crippen MR) is 108 cm³/mol. The molecule has 26 heavy (non-hydrogen) atoms. The number of fused-ring (bicyclic) bond motifs is 1. The van der Waals surface area contributed by atoms with E-state index >= 15 is 0 Å². The second kappa shape index (κ2) is 7.65. The molecule has 0 atom stereocenters. The molecule has 136 valence electrons. The Kier molecular flexibility index (Phi) is 5.31. The molecule has 3 rings (SSSR count). The first kappa shape index (κ1) is 18.1. The maximum Gasteiger partial charge on any atom is 0.251 e. The third kappa shape index (κ3) is 4.26. The lowest BCUT2D eigenvalue weighted by molar-refractivity contribution is -0.114. The van der Waals surface area contributed by atoms with E-state index < -0.39 is 0 Å². The van der Waals surface area contributed by atoms with Crippen LogP contribution >= 0.6 is 0 Å². The monoisotopic (exact) mass is 350 g/mol. The van der Waals surface area contributed by atoms with Crippen LogP contribution in [0.3, 0.4) is 0 Å². The van der Waals surface area contributed by atoms with Crippen molar-refractivity contribution in [2.24, 2.45) is 0 Å². The molecule has 0 fully saturated rings. The zero-order valence-corrected chi connectivity index (χ0v) is 15.7. The summed E-state index contributed by atoms with van der Waals surface area (Å²) in [6.07, 6.45) is 4.47. The quantitative estimate of drug-likeness (QED) is 0.793. The lowest BCUT2D eigenvalue weighted by atomic mass is 9.99. The van der Waals surface area contributed by atoms with Crippen LogP contribution in [0.25, 0.3) is 6.08 Å². The Labute approximate surface area is 155 Å². The van der Waals surface area contributed by atoms with Crippen molar-refractivity contribution in [3.63, 3.8) is 0 Å². The number of nitrogens with zero attached hydrogens (tertiary/aromatic N) is 1. The van der Waals surface area contributed by atoms with Crippen molar-refractivity contribution in [2.75, 3.05) is 23.4 Å². The van der Waals surface area contributed by atoms with E-state index in [2.05, 4.69) is 26.1 Å². The average molecular weight is 350 g/mol. The van der Waals surface area contributed by atoms with Crippen LogP contribution in [0.1, 0.15) is 32.8 Å². The summed E-state index contributed by atoms with van der Waals surface area (Å²) < 4.78 is 5.59. The Bertz CT molecular complexity index is 794. The zero-order chi connectivity index (χ0) is 18.6. The fourth-order valence-electron chi connectivity index (χ4n) is 3.05. The molecule has 1 aliphatic heterocycles. The van der Waals surface area contributed by atoms with Gasteiger partial charge in [-0.05, 0) is 56.2 Å². The van der Waals surface area contributed by atoms with Crippen molar-refractivity contribution >= 4 is 23.4 Å². The number of carbonyl (C=O) groups excluding carboxylic acids is 1. The van der Waals surface area contributed by atoms with E-state index in [1.54, 1.807) is 6.08 Å². The van der Waals surface area contributed by atoms with Gasteiger partial charge in [0.05, 0.1) is 18.0 Å². The number of anilines is 2. The van der Waals surface area contributed by atoms with Gasteiger partial charge in [0.25, 0.3) is 5.91 Å². The first-order chi connectivity index (χ1) is 12.5. The summed E-state index contributed by atoms with van der Waals surface area (Å²) in [5, 5.41) is 3.49. The van der Waals surface area contributed by atoms with Crippen molar-refractivity contribution in [3.05, 3.63) is 60.2 Å². The van der Waals surface area contributed by atoms with E-state index in [1.165, 1.54) is 0 Å². The molecule has 0 spiro atoms. The Morgan fingerprint density at radius 2 is 1.92 bits per heavy atom. The standard InChI is InChI=1S/C22H26N2O2/c1-4-15-26-18-12-9-17(10-13-18)11-14-21(25)24-16-22(2,3)23-19-7-5-6-8-20(19)24/h5-14,23H,4,15-16H2,1-3H3/b14-11+. The second-order valence-electron chi connectivity index (χ2n) is 7.20. The van der Waals surface area contributed by atoms with Crippen LogP contribution in [0.2, 0.25) is 0 Å². The number of amides is 1. The van der Waals surface area contributed by atoms with Crippen LogP contribution in [-0.2, 0) is 4.79 Å². The number of para-hydroxylation sites is 2. The smallest absolute Gasteiger partial charge is 0.251 e. The third-order valence-electron chi connectivity index (χ3n) is 4.26. The highest BCUT2D eigenvalue weighted by atomic mass is 16.5.